The van der Waals surface area contributed by atoms with Gasteiger partial charge < -0.3 is 86.4 Å². The SMILES string of the molecule is C#CCOCCOCCOCCOCCOCCOCCOCCOCCOCCOCCOCCOCCCCN1CCN(CCOCCNC(=O)c2ncn(-c3ncc(OC)c4c(C(=O)C(=O)N5CCC(=C(C#N)c6ccccc6)CC5)c[nH]c34)n2)CC1. The number of ether oxygens (including phenoxy) is 14. The van der Waals surface area contributed by atoms with Gasteiger partial charge in [0.1, 0.15) is 18.7 Å². The number of pyridine rings is 1. The summed E-state index contributed by atoms with van der Waals surface area (Å²) >= 11 is 0. The maximum atomic E-state index is 13.8. The Bertz CT molecular complexity index is 2740. The smallest absolute Gasteiger partial charge is 0.295 e. The number of carbonyl (C=O) groups is 3. The van der Waals surface area contributed by atoms with Gasteiger partial charge in [-0.1, -0.05) is 36.3 Å². The van der Waals surface area contributed by atoms with Crippen LogP contribution < -0.4 is 10.1 Å². The zero-order chi connectivity index (χ0) is 63.3. The number of hydrogen-bond donors (Lipinski definition) is 2. The van der Waals surface area contributed by atoms with Crippen molar-refractivity contribution < 1.29 is 80.7 Å². The predicted molar refractivity (Wildman–Crippen MR) is 331 cm³/mol. The summed E-state index contributed by atoms with van der Waals surface area (Å²) in [4.78, 5) is 58.5. The highest BCUT2D eigenvalue weighted by atomic mass is 16.6. The molecule has 5 heterocycles. The number of amides is 2. The molecule has 2 fully saturated rings. The summed E-state index contributed by atoms with van der Waals surface area (Å²) in [6.45, 7) is 19.4. The van der Waals surface area contributed by atoms with E-state index in [1.54, 1.807) is 0 Å². The van der Waals surface area contributed by atoms with Crippen LogP contribution in [0.1, 0.15) is 52.2 Å². The van der Waals surface area contributed by atoms with Crippen LogP contribution in [0.25, 0.3) is 22.3 Å². The molecule has 2 aliphatic rings. The van der Waals surface area contributed by atoms with Gasteiger partial charge in [-0.15, -0.1) is 11.5 Å². The number of H-pyrrole nitrogens is 1. The van der Waals surface area contributed by atoms with Crippen LogP contribution in [0.4, 0.5) is 0 Å². The Hall–Kier alpha value is -6.35. The molecule has 2 N–H and O–H groups in total. The fourth-order valence-corrected chi connectivity index (χ4v) is 9.46. The molecule has 0 atom stereocenters. The highest BCUT2D eigenvalue weighted by Gasteiger charge is 2.31. The number of aromatic amines is 1. The van der Waals surface area contributed by atoms with Gasteiger partial charge in [0.05, 0.1) is 200 Å². The van der Waals surface area contributed by atoms with E-state index in [0.717, 1.165) is 63.2 Å². The van der Waals surface area contributed by atoms with E-state index in [2.05, 4.69) is 47.2 Å². The van der Waals surface area contributed by atoms with E-state index in [9.17, 15) is 19.6 Å². The second-order valence-corrected chi connectivity index (χ2v) is 20.4. The minimum Gasteiger partial charge on any atom is -0.494 e. The van der Waals surface area contributed by atoms with Gasteiger partial charge in [0.15, 0.2) is 5.82 Å². The molecule has 27 nitrogen and oxygen atoms in total. The third-order valence-corrected chi connectivity index (χ3v) is 14.2. The summed E-state index contributed by atoms with van der Waals surface area (Å²) in [7, 11) is 1.45. The van der Waals surface area contributed by atoms with Crippen LogP contribution in [0.3, 0.4) is 0 Å². The van der Waals surface area contributed by atoms with E-state index in [0.29, 0.717) is 214 Å². The van der Waals surface area contributed by atoms with Crippen LogP contribution in [0, 0.1) is 23.7 Å². The summed E-state index contributed by atoms with van der Waals surface area (Å²) in [5, 5.41) is 17.4. The molecule has 0 saturated carbocycles. The first-order valence-electron chi connectivity index (χ1n) is 31.1. The standard InChI is InChI=1S/C63H92N10O17/c1-3-22-78-26-28-81-30-32-83-34-36-85-38-40-87-42-44-89-46-47-90-45-43-88-41-39-86-37-35-84-33-31-82-29-27-79-23-8-7-14-70-17-19-71(20-18-70)21-25-80-24-13-65-62(75)60-68-51-73(69-60)61-58-57(56(77-2)50-67-61)55(49-66-58)59(74)63(76)72-15-11-53(12-16-72)54(48-64)52-9-5-4-6-10-52/h1,4-6,9-10,49-51,66H,7-8,11-47H2,2H3,(H,65,75). The Balaban J connectivity index is 0.668. The molecule has 2 amide bonds. The summed E-state index contributed by atoms with van der Waals surface area (Å²) < 4.78 is 78.7. The number of rotatable bonds is 51. The first-order chi connectivity index (χ1) is 44.4. The number of piperidine rings is 1. The van der Waals surface area contributed by atoms with Crippen molar-refractivity contribution in [3.63, 3.8) is 0 Å². The molecule has 496 valence electrons. The van der Waals surface area contributed by atoms with Gasteiger partial charge >= 0.3 is 0 Å². The minimum absolute atomic E-state index is 0.0777. The number of methoxy groups -OCH3 is 1. The Morgan fingerprint density at radius 2 is 1.09 bits per heavy atom. The molecule has 0 unspecified atom stereocenters. The fourth-order valence-electron chi connectivity index (χ4n) is 9.46. The number of allylic oxidation sites excluding steroid dienone is 1. The van der Waals surface area contributed by atoms with Crippen LogP contribution in [0.2, 0.25) is 0 Å². The van der Waals surface area contributed by atoms with Crippen molar-refractivity contribution in [1.82, 2.24) is 44.7 Å². The zero-order valence-electron chi connectivity index (χ0n) is 52.3. The highest BCUT2D eigenvalue weighted by molar-refractivity contribution is 6.45. The van der Waals surface area contributed by atoms with Gasteiger partial charge in [0.2, 0.25) is 5.82 Å². The van der Waals surface area contributed by atoms with Crippen molar-refractivity contribution in [2.75, 3.05) is 238 Å². The second-order valence-electron chi connectivity index (χ2n) is 20.4. The normalized spacial score (nSPS) is 13.9. The lowest BCUT2D eigenvalue weighted by Crippen LogP contribution is -2.47. The molecule has 2 saturated heterocycles. The second kappa shape index (κ2) is 45.8. The number of piperazine rings is 1. The lowest BCUT2D eigenvalue weighted by Gasteiger charge is -2.34. The fraction of sp³-hybridized carbons (Fsp3) is 0.635. The van der Waals surface area contributed by atoms with Crippen molar-refractivity contribution in [2.45, 2.75) is 25.7 Å². The van der Waals surface area contributed by atoms with E-state index in [4.69, 9.17) is 72.7 Å². The molecule has 90 heavy (non-hydrogen) atoms. The van der Waals surface area contributed by atoms with E-state index >= 15 is 0 Å². The molecule has 4 aromatic rings. The number of fused-ring (bicyclic) bond motifs is 1. The molecule has 6 rings (SSSR count). The number of carbonyl (C=O) groups excluding carboxylic acids is 3. The number of nitrogens with zero attached hydrogens (tertiary/aromatic N) is 8. The number of nitrogens with one attached hydrogen (secondary N) is 2. The Kier molecular flexibility index (Phi) is 37.0. The van der Waals surface area contributed by atoms with Gasteiger partial charge in [0, 0.05) is 65.2 Å². The van der Waals surface area contributed by atoms with Crippen LogP contribution in [0.5, 0.6) is 5.75 Å². The summed E-state index contributed by atoms with van der Waals surface area (Å²) in [5.74, 6) is 0.994. The largest absolute Gasteiger partial charge is 0.494 e. The van der Waals surface area contributed by atoms with Crippen molar-refractivity contribution in [1.29, 1.82) is 5.26 Å². The Morgan fingerprint density at radius 1 is 0.600 bits per heavy atom. The van der Waals surface area contributed by atoms with Crippen LogP contribution in [-0.4, -0.2) is 295 Å². The van der Waals surface area contributed by atoms with Crippen molar-refractivity contribution in [3.05, 3.63) is 71.6 Å². The lowest BCUT2D eigenvalue weighted by molar-refractivity contribution is -0.126. The first kappa shape index (κ1) is 72.7. The molecular weight excluding hydrogens is 1170 g/mol. The maximum absolute atomic E-state index is 13.8. The maximum Gasteiger partial charge on any atom is 0.295 e. The number of terminal acetylenes is 1. The van der Waals surface area contributed by atoms with Crippen LogP contribution >= 0.6 is 0 Å². The van der Waals surface area contributed by atoms with Crippen molar-refractivity contribution >= 4 is 34.1 Å². The number of unbranched alkanes of at least 4 members (excludes halogenated alkanes) is 1. The predicted octanol–water partition coefficient (Wildman–Crippen LogP) is 2.91. The average Bonchev–Trinajstić information content (AvgIpc) is 1.63. The number of Topliss-reactive ketones (excluding diaryl/α,β-unsaturated/α-hetero) is 1. The third kappa shape index (κ3) is 27.6. The van der Waals surface area contributed by atoms with Crippen LogP contribution in [0.15, 0.2) is 54.6 Å². The molecule has 27 heteroatoms. The van der Waals surface area contributed by atoms with Gasteiger partial charge in [-0.25, -0.2) is 9.97 Å². The van der Waals surface area contributed by atoms with E-state index in [-0.39, 0.29) is 29.5 Å². The summed E-state index contributed by atoms with van der Waals surface area (Å²) in [6.07, 6.45) is 12.4. The highest BCUT2D eigenvalue weighted by Crippen LogP contribution is 2.33. The monoisotopic (exact) mass is 1260 g/mol. The molecule has 0 aliphatic carbocycles. The first-order valence-corrected chi connectivity index (χ1v) is 31.1. The third-order valence-electron chi connectivity index (χ3n) is 14.2. The number of benzene rings is 1. The zero-order valence-corrected chi connectivity index (χ0v) is 52.3. The number of nitriles is 1. The van der Waals surface area contributed by atoms with E-state index in [1.165, 1.54) is 35.4 Å². The molecule has 0 spiro atoms. The topological polar surface area (TPSA) is 285 Å². The lowest BCUT2D eigenvalue weighted by atomic mass is 9.93. The van der Waals surface area contributed by atoms with Gasteiger partial charge in [0.25, 0.3) is 17.6 Å². The Labute approximate surface area is 528 Å². The average molecular weight is 1260 g/mol. The molecule has 3 aromatic heterocycles. The number of likely N-dealkylation sites (tertiary alicyclic amines) is 1. The number of ketones is 1. The van der Waals surface area contributed by atoms with Crippen LogP contribution in [-0.2, 0) is 66.4 Å². The van der Waals surface area contributed by atoms with E-state index in [1.807, 2.05) is 30.3 Å². The Morgan fingerprint density at radius 3 is 1.59 bits per heavy atom. The van der Waals surface area contributed by atoms with Gasteiger partial charge in [-0.2, -0.15) is 9.94 Å². The molecule has 0 bridgehead atoms. The van der Waals surface area contributed by atoms with E-state index < -0.39 is 17.6 Å². The van der Waals surface area contributed by atoms with Gasteiger partial charge in [-0.3, -0.25) is 19.3 Å². The minimum atomic E-state index is -0.714. The summed E-state index contributed by atoms with van der Waals surface area (Å²) in [6, 6.07) is 11.8. The number of aromatic nitrogens is 5. The molecule has 2 aliphatic heterocycles. The number of hydrogen-bond acceptors (Lipinski definition) is 23. The van der Waals surface area contributed by atoms with Crippen molar-refractivity contribution in [2.24, 2.45) is 0 Å². The molecule has 0 radical (unpaired) electrons. The molecular formula is C63H92N10O17. The van der Waals surface area contributed by atoms with Crippen molar-refractivity contribution in [3.8, 4) is 30.0 Å². The quantitative estimate of drug-likeness (QED) is 0.0211. The van der Waals surface area contributed by atoms with Gasteiger partial charge in [-0.05, 0) is 43.4 Å². The summed E-state index contributed by atoms with van der Waals surface area (Å²) in [5.41, 5.74) is 2.87. The molecule has 1 aromatic carbocycles.